The average molecular weight is 330 g/mol. The molecule has 5 nitrogen and oxygen atoms in total. The number of nitrogens with zero attached hydrogens (tertiary/aromatic N) is 2. The van der Waals surface area contributed by atoms with Gasteiger partial charge in [0, 0.05) is 12.1 Å². The lowest BCUT2D eigenvalue weighted by Crippen LogP contribution is -2.40. The minimum Gasteiger partial charge on any atom is -0.384 e. The number of aromatic nitrogens is 2. The molecule has 0 bridgehead atoms. The predicted octanol–water partition coefficient (Wildman–Crippen LogP) is 2.44. The van der Waals surface area contributed by atoms with Crippen LogP contribution in [0.5, 0.6) is 0 Å². The van der Waals surface area contributed by atoms with Crippen molar-refractivity contribution in [2.24, 2.45) is 5.92 Å². The van der Waals surface area contributed by atoms with Crippen LogP contribution in [0.4, 0.5) is 10.2 Å². The number of aryl methyl sites for hydroxylation is 1. The highest BCUT2D eigenvalue weighted by Crippen LogP contribution is 2.29. The molecule has 1 aliphatic rings. The van der Waals surface area contributed by atoms with Crippen LogP contribution in [0.1, 0.15) is 30.5 Å². The van der Waals surface area contributed by atoms with Gasteiger partial charge in [-0.3, -0.25) is 4.79 Å². The quantitative estimate of drug-likeness (QED) is 0.884. The average Bonchev–Trinajstić information content (AvgIpc) is 3.08. The van der Waals surface area contributed by atoms with Gasteiger partial charge in [0.25, 0.3) is 0 Å². The van der Waals surface area contributed by atoms with E-state index in [1.54, 1.807) is 6.07 Å². The van der Waals surface area contributed by atoms with Gasteiger partial charge in [-0.2, -0.15) is 5.10 Å². The Balaban J connectivity index is 1.58. The van der Waals surface area contributed by atoms with E-state index in [1.165, 1.54) is 16.8 Å². The van der Waals surface area contributed by atoms with Gasteiger partial charge >= 0.3 is 0 Å². The smallest absolute Gasteiger partial charge is 0.242 e. The van der Waals surface area contributed by atoms with Gasteiger partial charge in [-0.25, -0.2) is 9.07 Å². The molecular formula is C18H23FN4O. The second kappa shape index (κ2) is 7.03. The summed E-state index contributed by atoms with van der Waals surface area (Å²) in [6.07, 6.45) is 4.00. The van der Waals surface area contributed by atoms with Crippen LogP contribution in [0.3, 0.4) is 0 Å². The van der Waals surface area contributed by atoms with Crippen LogP contribution in [-0.2, 0) is 17.8 Å². The summed E-state index contributed by atoms with van der Waals surface area (Å²) in [4.78, 5) is 12.3. The Morgan fingerprint density at radius 2 is 2.12 bits per heavy atom. The molecule has 0 unspecified atom stereocenters. The van der Waals surface area contributed by atoms with Crippen LogP contribution >= 0.6 is 0 Å². The van der Waals surface area contributed by atoms with Crippen LogP contribution in [0, 0.1) is 18.7 Å². The largest absolute Gasteiger partial charge is 0.384 e. The summed E-state index contributed by atoms with van der Waals surface area (Å²) < 4.78 is 14.5. The van der Waals surface area contributed by atoms with E-state index in [4.69, 9.17) is 5.73 Å². The summed E-state index contributed by atoms with van der Waals surface area (Å²) in [5.74, 6) is 0.594. The summed E-state index contributed by atoms with van der Waals surface area (Å²) in [6, 6.07) is 8.52. The van der Waals surface area contributed by atoms with Crippen LogP contribution in [0.25, 0.3) is 0 Å². The Morgan fingerprint density at radius 3 is 2.79 bits per heavy atom. The fraction of sp³-hybridized carbons (Fsp3) is 0.444. The molecule has 0 spiro atoms. The first-order valence-corrected chi connectivity index (χ1v) is 8.35. The lowest BCUT2D eigenvalue weighted by Gasteiger charge is -2.21. The van der Waals surface area contributed by atoms with Gasteiger partial charge < -0.3 is 11.1 Å². The minimum absolute atomic E-state index is 0.0687. The van der Waals surface area contributed by atoms with Gasteiger partial charge in [-0.15, -0.1) is 0 Å². The zero-order chi connectivity index (χ0) is 17.1. The first kappa shape index (κ1) is 16.5. The zero-order valence-corrected chi connectivity index (χ0v) is 13.8. The van der Waals surface area contributed by atoms with Gasteiger partial charge in [0.2, 0.25) is 5.91 Å². The second-order valence-corrected chi connectivity index (χ2v) is 6.56. The Labute approximate surface area is 141 Å². The Bertz CT molecular complexity index is 710. The summed E-state index contributed by atoms with van der Waals surface area (Å²) in [5.41, 5.74) is 7.74. The molecule has 1 aromatic carbocycles. The molecule has 128 valence electrons. The van der Waals surface area contributed by atoms with Gasteiger partial charge in [0.15, 0.2) is 0 Å². The number of hydrogen-bond acceptors (Lipinski definition) is 3. The molecule has 24 heavy (non-hydrogen) atoms. The molecule has 6 heteroatoms. The molecule has 3 rings (SSSR count). The van der Waals surface area contributed by atoms with E-state index in [0.717, 1.165) is 36.9 Å². The third-order valence-corrected chi connectivity index (χ3v) is 4.64. The topological polar surface area (TPSA) is 72.9 Å². The molecule has 1 aromatic heterocycles. The van der Waals surface area contributed by atoms with Crippen molar-refractivity contribution in [3.8, 4) is 0 Å². The van der Waals surface area contributed by atoms with Gasteiger partial charge in [0.05, 0.1) is 5.69 Å². The first-order chi connectivity index (χ1) is 11.5. The Kier molecular flexibility index (Phi) is 4.83. The van der Waals surface area contributed by atoms with E-state index in [0.29, 0.717) is 11.7 Å². The second-order valence-electron chi connectivity index (χ2n) is 6.56. The van der Waals surface area contributed by atoms with Crippen molar-refractivity contribution >= 4 is 11.7 Å². The normalized spacial score (nSPS) is 20.2. The number of carbonyl (C=O) groups is 1. The highest BCUT2D eigenvalue weighted by Gasteiger charge is 2.28. The number of rotatable bonds is 5. The van der Waals surface area contributed by atoms with Crippen molar-refractivity contribution < 1.29 is 9.18 Å². The standard InChI is InChI=1S/C18H23FN4O/c1-12-9-17(20)23(22-12)11-18(24)21-16-4-2-3-14(16)10-13-5-7-15(19)8-6-13/h5-9,14,16H,2-4,10-11,20H2,1H3,(H,21,24)/t14-,16-/m1/s1. The van der Waals surface area contributed by atoms with Crippen molar-refractivity contribution in [1.29, 1.82) is 0 Å². The Morgan fingerprint density at radius 1 is 1.38 bits per heavy atom. The summed E-state index contributed by atoms with van der Waals surface area (Å²) >= 11 is 0. The fourth-order valence-corrected chi connectivity index (χ4v) is 3.48. The number of amides is 1. The van der Waals surface area contributed by atoms with E-state index in [2.05, 4.69) is 10.4 Å². The number of nitrogens with two attached hydrogens (primary N) is 1. The molecule has 1 heterocycles. The molecule has 3 N–H and O–H groups in total. The number of nitrogen functional groups attached to an aromatic ring is 1. The van der Waals surface area contributed by atoms with Crippen molar-refractivity contribution in [1.82, 2.24) is 15.1 Å². The van der Waals surface area contributed by atoms with Gasteiger partial charge in [0.1, 0.15) is 18.2 Å². The van der Waals surface area contributed by atoms with E-state index >= 15 is 0 Å². The monoisotopic (exact) mass is 330 g/mol. The van der Waals surface area contributed by atoms with Crippen LogP contribution in [0.2, 0.25) is 0 Å². The number of halogens is 1. The highest BCUT2D eigenvalue weighted by atomic mass is 19.1. The summed E-state index contributed by atoms with van der Waals surface area (Å²) in [6.45, 7) is 1.99. The molecule has 1 aliphatic carbocycles. The number of benzene rings is 1. The molecule has 0 radical (unpaired) electrons. The summed E-state index contributed by atoms with van der Waals surface area (Å²) in [5, 5.41) is 7.33. The van der Waals surface area contributed by atoms with E-state index in [9.17, 15) is 9.18 Å². The van der Waals surface area contributed by atoms with E-state index in [-0.39, 0.29) is 24.3 Å². The van der Waals surface area contributed by atoms with Crippen molar-refractivity contribution in [2.75, 3.05) is 5.73 Å². The van der Waals surface area contributed by atoms with Crippen molar-refractivity contribution in [3.63, 3.8) is 0 Å². The van der Waals surface area contributed by atoms with Crippen molar-refractivity contribution in [3.05, 3.63) is 47.4 Å². The van der Waals surface area contributed by atoms with Crippen LogP contribution in [-0.4, -0.2) is 21.7 Å². The molecule has 1 saturated carbocycles. The van der Waals surface area contributed by atoms with Gasteiger partial charge in [-0.05, 0) is 49.8 Å². The van der Waals surface area contributed by atoms with E-state index < -0.39 is 0 Å². The molecule has 2 atom stereocenters. The molecule has 2 aromatic rings. The number of hydrogen-bond donors (Lipinski definition) is 2. The first-order valence-electron chi connectivity index (χ1n) is 8.35. The maximum Gasteiger partial charge on any atom is 0.242 e. The Hall–Kier alpha value is -2.37. The molecule has 1 fully saturated rings. The predicted molar refractivity (Wildman–Crippen MR) is 90.8 cm³/mol. The van der Waals surface area contributed by atoms with Gasteiger partial charge in [-0.1, -0.05) is 18.6 Å². The lowest BCUT2D eigenvalue weighted by molar-refractivity contribution is -0.122. The van der Waals surface area contributed by atoms with E-state index in [1.807, 2.05) is 19.1 Å². The zero-order valence-electron chi connectivity index (χ0n) is 13.8. The third kappa shape index (κ3) is 3.93. The fourth-order valence-electron chi connectivity index (χ4n) is 3.48. The molecular weight excluding hydrogens is 307 g/mol. The van der Waals surface area contributed by atoms with Crippen LogP contribution in [0.15, 0.2) is 30.3 Å². The lowest BCUT2D eigenvalue weighted by atomic mass is 9.94. The van der Waals surface area contributed by atoms with Crippen molar-refractivity contribution in [2.45, 2.75) is 45.2 Å². The molecule has 0 saturated heterocycles. The highest BCUT2D eigenvalue weighted by molar-refractivity contribution is 5.76. The summed E-state index contributed by atoms with van der Waals surface area (Å²) in [7, 11) is 0. The third-order valence-electron chi connectivity index (χ3n) is 4.64. The SMILES string of the molecule is Cc1cc(N)n(CC(=O)N[C@@H]2CCC[C@@H]2Cc2ccc(F)cc2)n1. The molecule has 1 amide bonds. The number of carbonyl (C=O) groups excluding carboxylic acids is 1. The molecule has 0 aliphatic heterocycles. The minimum atomic E-state index is -0.220. The maximum atomic E-state index is 13.0. The van der Waals surface area contributed by atoms with Crippen LogP contribution < -0.4 is 11.1 Å². The number of anilines is 1. The number of nitrogens with one attached hydrogen (secondary N) is 1. The maximum absolute atomic E-state index is 13.0.